The van der Waals surface area contributed by atoms with Crippen LogP contribution in [-0.2, 0) is 4.79 Å². The van der Waals surface area contributed by atoms with Gasteiger partial charge in [-0.2, -0.15) is 0 Å². The molecule has 1 aliphatic rings. The maximum Gasteiger partial charge on any atom is 0.244 e. The average molecular weight is 270 g/mol. The van der Waals surface area contributed by atoms with Crippen LogP contribution in [0.2, 0.25) is 0 Å². The van der Waals surface area contributed by atoms with Gasteiger partial charge in [0, 0.05) is 16.5 Å². The number of nitrogens with one attached hydrogen (secondary N) is 2. The maximum absolute atomic E-state index is 12.4. The second-order valence-electron chi connectivity index (χ2n) is 5.49. The van der Waals surface area contributed by atoms with Gasteiger partial charge in [0.15, 0.2) is 0 Å². The first kappa shape index (κ1) is 12.9. The molecule has 1 atom stereocenters. The minimum atomic E-state index is -0.501. The summed E-state index contributed by atoms with van der Waals surface area (Å²) in [5.74, 6) is 0.203. The summed E-state index contributed by atoms with van der Waals surface area (Å²) in [6.45, 7) is 2.80. The molecule has 2 aromatic carbocycles. The lowest BCUT2D eigenvalue weighted by Gasteiger charge is -2.23. The van der Waals surface area contributed by atoms with E-state index in [-0.39, 0.29) is 11.7 Å². The Labute approximate surface area is 117 Å². The van der Waals surface area contributed by atoms with E-state index in [1.807, 2.05) is 31.2 Å². The number of amides is 1. The molecule has 1 unspecified atom stereocenters. The number of phenolic OH excluding ortho intramolecular Hbond substituents is 1. The van der Waals surface area contributed by atoms with Crippen molar-refractivity contribution >= 4 is 22.4 Å². The SMILES string of the molecule is CC1(C(=O)Nc2cccc3c(O)cccc23)CCCN1. The van der Waals surface area contributed by atoms with E-state index in [2.05, 4.69) is 10.6 Å². The van der Waals surface area contributed by atoms with Crippen LogP contribution in [0, 0.1) is 0 Å². The summed E-state index contributed by atoms with van der Waals surface area (Å²) in [7, 11) is 0. The topological polar surface area (TPSA) is 61.4 Å². The molecule has 0 aliphatic carbocycles. The number of fused-ring (bicyclic) bond motifs is 1. The number of hydrogen-bond acceptors (Lipinski definition) is 3. The number of carbonyl (C=O) groups excluding carboxylic acids is 1. The third-order valence-corrected chi connectivity index (χ3v) is 4.02. The van der Waals surface area contributed by atoms with Crippen molar-refractivity contribution in [3.63, 3.8) is 0 Å². The highest BCUT2D eigenvalue weighted by atomic mass is 16.3. The van der Waals surface area contributed by atoms with Crippen LogP contribution < -0.4 is 10.6 Å². The van der Waals surface area contributed by atoms with Crippen molar-refractivity contribution < 1.29 is 9.90 Å². The smallest absolute Gasteiger partial charge is 0.244 e. The molecule has 3 N–H and O–H groups in total. The van der Waals surface area contributed by atoms with Crippen LogP contribution in [-0.4, -0.2) is 23.1 Å². The van der Waals surface area contributed by atoms with Crippen LogP contribution in [0.15, 0.2) is 36.4 Å². The summed E-state index contributed by atoms with van der Waals surface area (Å²) in [5.41, 5.74) is 0.234. The van der Waals surface area contributed by atoms with E-state index in [0.29, 0.717) is 0 Å². The molecule has 4 nitrogen and oxygen atoms in total. The van der Waals surface area contributed by atoms with Crippen LogP contribution in [0.4, 0.5) is 5.69 Å². The number of aromatic hydroxyl groups is 1. The van der Waals surface area contributed by atoms with Gasteiger partial charge in [-0.1, -0.05) is 24.3 Å². The van der Waals surface area contributed by atoms with Gasteiger partial charge in [0.25, 0.3) is 0 Å². The highest BCUT2D eigenvalue weighted by Gasteiger charge is 2.35. The highest BCUT2D eigenvalue weighted by Crippen LogP contribution is 2.30. The molecule has 1 amide bonds. The van der Waals surface area contributed by atoms with Crippen LogP contribution in [0.1, 0.15) is 19.8 Å². The third kappa shape index (κ3) is 2.12. The predicted octanol–water partition coefficient (Wildman–Crippen LogP) is 2.63. The van der Waals surface area contributed by atoms with Gasteiger partial charge in [-0.25, -0.2) is 0 Å². The third-order valence-electron chi connectivity index (χ3n) is 4.02. The molecule has 0 radical (unpaired) electrons. The van der Waals surface area contributed by atoms with Gasteiger partial charge in [0.1, 0.15) is 5.75 Å². The van der Waals surface area contributed by atoms with Crippen LogP contribution >= 0.6 is 0 Å². The Morgan fingerprint density at radius 3 is 2.75 bits per heavy atom. The minimum Gasteiger partial charge on any atom is -0.507 e. The van der Waals surface area contributed by atoms with E-state index >= 15 is 0 Å². The van der Waals surface area contributed by atoms with E-state index in [1.165, 1.54) is 0 Å². The summed E-state index contributed by atoms with van der Waals surface area (Å²) in [6, 6.07) is 10.9. The number of anilines is 1. The van der Waals surface area contributed by atoms with Gasteiger partial charge >= 0.3 is 0 Å². The molecule has 20 heavy (non-hydrogen) atoms. The Hall–Kier alpha value is -2.07. The average Bonchev–Trinajstić information content (AvgIpc) is 2.88. The molecule has 0 spiro atoms. The molecular weight excluding hydrogens is 252 g/mol. The number of phenols is 1. The second-order valence-corrected chi connectivity index (χ2v) is 5.49. The summed E-state index contributed by atoms with van der Waals surface area (Å²) in [5, 5.41) is 17.7. The van der Waals surface area contributed by atoms with E-state index in [0.717, 1.165) is 35.8 Å². The number of benzene rings is 2. The fourth-order valence-electron chi connectivity index (χ4n) is 2.75. The lowest BCUT2D eigenvalue weighted by molar-refractivity contribution is -0.121. The number of rotatable bonds is 2. The molecule has 0 saturated carbocycles. The first-order valence-corrected chi connectivity index (χ1v) is 6.87. The van der Waals surface area contributed by atoms with Crippen molar-refractivity contribution in [2.24, 2.45) is 0 Å². The molecule has 0 bridgehead atoms. The molecule has 0 aromatic heterocycles. The fraction of sp³-hybridized carbons (Fsp3) is 0.312. The Kier molecular flexibility index (Phi) is 3.10. The molecule has 104 valence electrons. The highest BCUT2D eigenvalue weighted by molar-refractivity contribution is 6.06. The lowest BCUT2D eigenvalue weighted by Crippen LogP contribution is -2.47. The molecule has 2 aromatic rings. The lowest BCUT2D eigenvalue weighted by atomic mass is 9.98. The molecule has 1 heterocycles. The summed E-state index contributed by atoms with van der Waals surface area (Å²) < 4.78 is 0. The van der Waals surface area contributed by atoms with Crippen LogP contribution in [0.5, 0.6) is 5.75 Å². The Balaban J connectivity index is 1.95. The molecule has 3 rings (SSSR count). The normalized spacial score (nSPS) is 22.1. The molecule has 1 aliphatic heterocycles. The van der Waals surface area contributed by atoms with Gasteiger partial charge in [-0.15, -0.1) is 0 Å². The standard InChI is InChI=1S/C16H18N2O2/c1-16(9-4-10-17-16)15(20)18-13-7-2-6-12-11(13)5-3-8-14(12)19/h2-3,5-8,17,19H,4,9-10H2,1H3,(H,18,20). The first-order valence-electron chi connectivity index (χ1n) is 6.87. The van der Waals surface area contributed by atoms with Crippen molar-refractivity contribution in [1.82, 2.24) is 5.32 Å². The van der Waals surface area contributed by atoms with E-state index in [1.54, 1.807) is 12.1 Å². The Morgan fingerprint density at radius 2 is 2.00 bits per heavy atom. The molecule has 1 saturated heterocycles. The van der Waals surface area contributed by atoms with Gasteiger partial charge in [-0.05, 0) is 38.4 Å². The van der Waals surface area contributed by atoms with Crippen LogP contribution in [0.25, 0.3) is 10.8 Å². The van der Waals surface area contributed by atoms with E-state index in [4.69, 9.17) is 0 Å². The van der Waals surface area contributed by atoms with Gasteiger partial charge in [0.2, 0.25) is 5.91 Å². The molecule has 4 heteroatoms. The van der Waals surface area contributed by atoms with Crippen molar-refractivity contribution in [1.29, 1.82) is 0 Å². The zero-order chi connectivity index (χ0) is 14.2. The summed E-state index contributed by atoms with van der Waals surface area (Å²) in [4.78, 5) is 12.4. The monoisotopic (exact) mass is 270 g/mol. The zero-order valence-corrected chi connectivity index (χ0v) is 11.4. The molecular formula is C16H18N2O2. The van der Waals surface area contributed by atoms with Crippen molar-refractivity contribution in [3.8, 4) is 5.75 Å². The summed E-state index contributed by atoms with van der Waals surface area (Å²) in [6.07, 6.45) is 1.86. The first-order chi connectivity index (χ1) is 9.60. The zero-order valence-electron chi connectivity index (χ0n) is 11.4. The number of carbonyl (C=O) groups is 1. The minimum absolute atomic E-state index is 0.0224. The second kappa shape index (κ2) is 4.80. The Morgan fingerprint density at radius 1 is 1.25 bits per heavy atom. The fourth-order valence-corrected chi connectivity index (χ4v) is 2.75. The predicted molar refractivity (Wildman–Crippen MR) is 79.9 cm³/mol. The van der Waals surface area contributed by atoms with E-state index < -0.39 is 5.54 Å². The molecule has 1 fully saturated rings. The van der Waals surface area contributed by atoms with Crippen molar-refractivity contribution in [2.45, 2.75) is 25.3 Å². The van der Waals surface area contributed by atoms with Gasteiger partial charge < -0.3 is 15.7 Å². The van der Waals surface area contributed by atoms with Crippen molar-refractivity contribution in [3.05, 3.63) is 36.4 Å². The van der Waals surface area contributed by atoms with Crippen molar-refractivity contribution in [2.75, 3.05) is 11.9 Å². The number of hydrogen-bond donors (Lipinski definition) is 3. The van der Waals surface area contributed by atoms with Gasteiger partial charge in [0.05, 0.1) is 5.54 Å². The van der Waals surface area contributed by atoms with Crippen LogP contribution in [0.3, 0.4) is 0 Å². The largest absolute Gasteiger partial charge is 0.507 e. The quantitative estimate of drug-likeness (QED) is 0.786. The van der Waals surface area contributed by atoms with Gasteiger partial charge in [-0.3, -0.25) is 4.79 Å². The Bertz CT molecular complexity index is 661. The maximum atomic E-state index is 12.4. The van der Waals surface area contributed by atoms with E-state index in [9.17, 15) is 9.90 Å². The summed E-state index contributed by atoms with van der Waals surface area (Å²) >= 11 is 0.